The van der Waals surface area contributed by atoms with Crippen molar-refractivity contribution in [3.8, 4) is 0 Å². The third-order valence-corrected chi connectivity index (χ3v) is 2.71. The van der Waals surface area contributed by atoms with Gasteiger partial charge in [0.25, 0.3) is 0 Å². The molecule has 0 atom stereocenters. The molecule has 2 rings (SSSR count). The number of nitrogens with zero attached hydrogens (tertiary/aromatic N) is 4. The molecule has 7 heteroatoms. The summed E-state index contributed by atoms with van der Waals surface area (Å²) in [5.41, 5.74) is 3.07. The lowest BCUT2D eigenvalue weighted by molar-refractivity contribution is -0.388. The van der Waals surface area contributed by atoms with Gasteiger partial charge in [-0.25, -0.2) is 5.01 Å². The maximum Gasteiger partial charge on any atom is 0.407 e. The van der Waals surface area contributed by atoms with E-state index in [9.17, 15) is 10.1 Å². The Balaban J connectivity index is 2.12. The fourth-order valence-electron chi connectivity index (χ4n) is 1.84. The van der Waals surface area contributed by atoms with E-state index in [2.05, 4.69) is 10.4 Å². The van der Waals surface area contributed by atoms with Gasteiger partial charge in [0.1, 0.15) is 0 Å². The van der Waals surface area contributed by atoms with Gasteiger partial charge in [-0.3, -0.25) is 9.99 Å². The lowest BCUT2D eigenvalue weighted by atomic mass is 10.2. The Morgan fingerprint density at radius 1 is 1.44 bits per heavy atom. The van der Waals surface area contributed by atoms with Crippen molar-refractivity contribution in [3.05, 3.63) is 16.4 Å². The molecule has 0 bridgehead atoms. The summed E-state index contributed by atoms with van der Waals surface area (Å²) >= 11 is 0. The second-order valence-corrected chi connectivity index (χ2v) is 3.94. The number of piperidine rings is 1. The van der Waals surface area contributed by atoms with Crippen molar-refractivity contribution in [2.75, 3.05) is 18.5 Å². The minimum absolute atomic E-state index is 0.118. The van der Waals surface area contributed by atoms with Crippen LogP contribution in [0, 0.1) is 10.1 Å². The Morgan fingerprint density at radius 3 is 2.75 bits per heavy atom. The van der Waals surface area contributed by atoms with E-state index in [0.717, 1.165) is 25.9 Å². The fraction of sp³-hybridized carbons (Fsp3) is 0.667. The van der Waals surface area contributed by atoms with Crippen LogP contribution in [-0.4, -0.2) is 32.6 Å². The average Bonchev–Trinajstić information content (AvgIpc) is 2.62. The van der Waals surface area contributed by atoms with E-state index >= 15 is 0 Å². The van der Waals surface area contributed by atoms with Gasteiger partial charge in [0.15, 0.2) is 0 Å². The first-order valence-electron chi connectivity index (χ1n) is 5.36. The van der Waals surface area contributed by atoms with E-state index in [0.29, 0.717) is 5.82 Å². The van der Waals surface area contributed by atoms with Crippen molar-refractivity contribution in [2.45, 2.75) is 19.3 Å². The Bertz CT molecular complexity index is 383. The van der Waals surface area contributed by atoms with E-state index in [1.54, 1.807) is 11.6 Å². The molecule has 7 nitrogen and oxygen atoms in total. The summed E-state index contributed by atoms with van der Waals surface area (Å²) in [6, 6.07) is 0. The van der Waals surface area contributed by atoms with E-state index in [1.165, 1.54) is 12.7 Å². The molecule has 1 aromatic heterocycles. The van der Waals surface area contributed by atoms with E-state index in [-0.39, 0.29) is 5.82 Å². The summed E-state index contributed by atoms with van der Waals surface area (Å²) < 4.78 is 1.63. The summed E-state index contributed by atoms with van der Waals surface area (Å²) in [6.07, 6.45) is 4.92. The van der Waals surface area contributed by atoms with Crippen LogP contribution in [0.4, 0.5) is 11.6 Å². The van der Waals surface area contributed by atoms with Crippen LogP contribution >= 0.6 is 0 Å². The molecule has 1 fully saturated rings. The summed E-state index contributed by atoms with van der Waals surface area (Å²) in [4.78, 5) is 14.0. The van der Waals surface area contributed by atoms with Crippen LogP contribution in [0.25, 0.3) is 0 Å². The first kappa shape index (κ1) is 10.9. The van der Waals surface area contributed by atoms with Gasteiger partial charge in [-0.15, -0.1) is 0 Å². The molecule has 2 heterocycles. The highest BCUT2D eigenvalue weighted by Crippen LogP contribution is 2.22. The van der Waals surface area contributed by atoms with Crippen LogP contribution < -0.4 is 5.43 Å². The molecule has 0 radical (unpaired) electrons. The van der Waals surface area contributed by atoms with Gasteiger partial charge in [0, 0.05) is 20.1 Å². The maximum absolute atomic E-state index is 10.7. The van der Waals surface area contributed by atoms with Gasteiger partial charge in [0.2, 0.25) is 12.1 Å². The molecule has 1 N–H and O–H groups in total. The lowest BCUT2D eigenvalue weighted by Gasteiger charge is -2.27. The predicted octanol–water partition coefficient (Wildman–Crippen LogP) is 1.14. The van der Waals surface area contributed by atoms with Crippen molar-refractivity contribution in [2.24, 2.45) is 7.05 Å². The Morgan fingerprint density at radius 2 is 2.12 bits per heavy atom. The van der Waals surface area contributed by atoms with Crippen LogP contribution in [0.15, 0.2) is 6.33 Å². The third kappa shape index (κ3) is 2.13. The topological polar surface area (TPSA) is 76.2 Å². The molecule has 0 spiro atoms. The van der Waals surface area contributed by atoms with Crippen LogP contribution in [0.1, 0.15) is 19.3 Å². The second-order valence-electron chi connectivity index (χ2n) is 3.94. The van der Waals surface area contributed by atoms with Gasteiger partial charge < -0.3 is 10.1 Å². The molecule has 1 saturated heterocycles. The standard InChI is InChI=1S/C9H15N5O2/c1-12-7-10-8(14(15)16)9(12)11-13-5-3-2-4-6-13/h7,11H,2-6H2,1H3. The van der Waals surface area contributed by atoms with Crippen molar-refractivity contribution < 1.29 is 4.92 Å². The highest BCUT2D eigenvalue weighted by molar-refractivity contribution is 5.51. The maximum atomic E-state index is 10.7. The van der Waals surface area contributed by atoms with Crippen LogP contribution in [0.5, 0.6) is 0 Å². The molecular formula is C9H15N5O2. The minimum Gasteiger partial charge on any atom is -0.358 e. The van der Waals surface area contributed by atoms with Gasteiger partial charge in [0.05, 0.1) is 0 Å². The van der Waals surface area contributed by atoms with Crippen molar-refractivity contribution in [1.29, 1.82) is 0 Å². The monoisotopic (exact) mass is 225 g/mol. The van der Waals surface area contributed by atoms with Crippen molar-refractivity contribution in [1.82, 2.24) is 14.6 Å². The number of hydrazine groups is 1. The zero-order valence-corrected chi connectivity index (χ0v) is 9.22. The number of nitrogens with one attached hydrogen (secondary N) is 1. The number of anilines is 1. The predicted molar refractivity (Wildman–Crippen MR) is 58.9 cm³/mol. The number of hydrogen-bond donors (Lipinski definition) is 1. The molecule has 1 aliphatic rings. The Kier molecular flexibility index (Phi) is 3.04. The molecule has 0 unspecified atom stereocenters. The van der Waals surface area contributed by atoms with E-state index < -0.39 is 4.92 Å². The highest BCUT2D eigenvalue weighted by atomic mass is 16.6. The average molecular weight is 225 g/mol. The minimum atomic E-state index is -0.466. The molecule has 0 amide bonds. The van der Waals surface area contributed by atoms with Crippen molar-refractivity contribution >= 4 is 11.6 Å². The number of imidazole rings is 1. The van der Waals surface area contributed by atoms with Gasteiger partial charge >= 0.3 is 5.82 Å². The first-order valence-corrected chi connectivity index (χ1v) is 5.36. The molecule has 0 aromatic carbocycles. The smallest absolute Gasteiger partial charge is 0.358 e. The zero-order valence-electron chi connectivity index (χ0n) is 9.22. The number of rotatable bonds is 3. The summed E-state index contributed by atoms with van der Waals surface area (Å²) in [6.45, 7) is 1.84. The van der Waals surface area contributed by atoms with E-state index in [4.69, 9.17) is 0 Å². The number of nitro groups is 1. The fourth-order valence-corrected chi connectivity index (χ4v) is 1.84. The lowest BCUT2D eigenvalue weighted by Crippen LogP contribution is -2.35. The molecule has 1 aromatic rings. The van der Waals surface area contributed by atoms with Gasteiger partial charge in [-0.1, -0.05) is 6.42 Å². The molecule has 88 valence electrons. The highest BCUT2D eigenvalue weighted by Gasteiger charge is 2.22. The second kappa shape index (κ2) is 4.48. The SMILES string of the molecule is Cn1cnc([N+](=O)[O-])c1NN1CCCCC1. The van der Waals surface area contributed by atoms with Crippen molar-refractivity contribution in [3.63, 3.8) is 0 Å². The molecular weight excluding hydrogens is 210 g/mol. The number of aromatic nitrogens is 2. The van der Waals surface area contributed by atoms with Crippen LogP contribution in [-0.2, 0) is 7.05 Å². The van der Waals surface area contributed by atoms with Crippen LogP contribution in [0.3, 0.4) is 0 Å². The van der Waals surface area contributed by atoms with Gasteiger partial charge in [-0.2, -0.15) is 0 Å². The summed E-state index contributed by atoms with van der Waals surface area (Å²) in [5, 5.41) is 12.8. The summed E-state index contributed by atoms with van der Waals surface area (Å²) in [5.74, 6) is 0.333. The first-order chi connectivity index (χ1) is 7.68. The Labute approximate surface area is 93.2 Å². The quantitative estimate of drug-likeness (QED) is 0.616. The number of hydrogen-bond acceptors (Lipinski definition) is 5. The zero-order chi connectivity index (χ0) is 11.5. The number of aryl methyl sites for hydroxylation is 1. The molecule has 1 aliphatic heterocycles. The molecule has 0 aliphatic carbocycles. The van der Waals surface area contributed by atoms with E-state index in [1.807, 2.05) is 5.01 Å². The van der Waals surface area contributed by atoms with Gasteiger partial charge in [-0.05, 0) is 22.7 Å². The Hall–Kier alpha value is -1.63. The normalized spacial score (nSPS) is 17.3. The summed E-state index contributed by atoms with van der Waals surface area (Å²) in [7, 11) is 1.74. The third-order valence-electron chi connectivity index (χ3n) is 2.71. The molecule has 16 heavy (non-hydrogen) atoms. The van der Waals surface area contributed by atoms with Crippen LogP contribution in [0.2, 0.25) is 0 Å². The molecule has 0 saturated carbocycles. The largest absolute Gasteiger partial charge is 0.407 e.